The molecule has 0 aliphatic heterocycles. The average Bonchev–Trinajstić information content (AvgIpc) is 3.09. The predicted octanol–water partition coefficient (Wildman–Crippen LogP) is 4.40. The first kappa shape index (κ1) is 23.9. The van der Waals surface area contributed by atoms with Gasteiger partial charge in [-0.25, -0.2) is 19.2 Å². The Morgan fingerprint density at radius 2 is 1.03 bits per heavy atom. The van der Waals surface area contributed by atoms with Crippen LogP contribution in [0.15, 0.2) is 0 Å². The average molecular weight is 473 g/mol. The predicted molar refractivity (Wildman–Crippen MR) is 114 cm³/mol. The van der Waals surface area contributed by atoms with Crippen LogP contribution in [0.1, 0.15) is 67.8 Å². The molecule has 2 aromatic heterocycles. The summed E-state index contributed by atoms with van der Waals surface area (Å²) in [6.45, 7) is 6.67. The van der Waals surface area contributed by atoms with Crippen molar-refractivity contribution in [3.63, 3.8) is 0 Å². The molecular formula is C19H20O8S3. The molecule has 0 spiro atoms. The first-order valence-electron chi connectivity index (χ1n) is 9.14. The summed E-state index contributed by atoms with van der Waals surface area (Å²) < 4.78 is 20.9. The summed E-state index contributed by atoms with van der Waals surface area (Å²) in [6, 6.07) is 0. The van der Waals surface area contributed by atoms with Gasteiger partial charge in [-0.3, -0.25) is 0 Å². The fourth-order valence-corrected chi connectivity index (χ4v) is 5.15. The molecule has 2 rings (SSSR count). The van der Waals surface area contributed by atoms with Crippen LogP contribution >= 0.6 is 34.9 Å². The summed E-state index contributed by atoms with van der Waals surface area (Å²) in [5.74, 6) is -3.21. The zero-order chi connectivity index (χ0) is 22.4. The third-order valence-corrected chi connectivity index (χ3v) is 6.51. The van der Waals surface area contributed by atoms with Gasteiger partial charge in [-0.2, -0.15) is 0 Å². The van der Waals surface area contributed by atoms with Crippen molar-refractivity contribution >= 4 is 68.9 Å². The van der Waals surface area contributed by atoms with Gasteiger partial charge >= 0.3 is 23.9 Å². The van der Waals surface area contributed by atoms with Crippen molar-refractivity contribution in [1.29, 1.82) is 0 Å². The van der Waals surface area contributed by atoms with Crippen molar-refractivity contribution in [2.75, 3.05) is 26.4 Å². The summed E-state index contributed by atoms with van der Waals surface area (Å²) in [5, 5.41) is 0.0340. The van der Waals surface area contributed by atoms with Crippen molar-refractivity contribution in [3.05, 3.63) is 24.7 Å². The highest BCUT2D eigenvalue weighted by molar-refractivity contribution is 7.74. The molecule has 0 aliphatic rings. The van der Waals surface area contributed by atoms with Crippen LogP contribution in [0, 0.1) is 3.82 Å². The van der Waals surface area contributed by atoms with E-state index in [1.54, 1.807) is 27.7 Å². The summed E-state index contributed by atoms with van der Waals surface area (Å²) in [7, 11) is 0. The molecule has 2 aromatic rings. The molecule has 30 heavy (non-hydrogen) atoms. The van der Waals surface area contributed by atoms with Gasteiger partial charge in [-0.05, 0) is 27.7 Å². The van der Waals surface area contributed by atoms with Crippen LogP contribution in [0.5, 0.6) is 0 Å². The Kier molecular flexibility index (Phi) is 8.44. The minimum Gasteiger partial charge on any atom is -0.462 e. The third-order valence-electron chi connectivity index (χ3n) is 3.65. The molecule has 0 aromatic carbocycles. The van der Waals surface area contributed by atoms with Gasteiger partial charge in [-0.15, -0.1) is 22.7 Å². The Hall–Kier alpha value is -2.37. The first-order valence-corrected chi connectivity index (χ1v) is 11.2. The Bertz CT molecular complexity index is 1050. The number of hydrogen-bond acceptors (Lipinski definition) is 11. The minimum atomic E-state index is -0.837. The van der Waals surface area contributed by atoms with Crippen molar-refractivity contribution in [3.8, 4) is 0 Å². The summed E-state index contributed by atoms with van der Waals surface area (Å²) in [4.78, 5) is 50.5. The second kappa shape index (κ2) is 10.6. The number of hydrogen-bond donors (Lipinski definition) is 0. The van der Waals surface area contributed by atoms with Crippen LogP contribution in [0.2, 0.25) is 0 Å². The standard InChI is InChI=1S/C19H20O8S3/c1-5-24-15(20)10-9-11(16(21)25-6-2)13(18(23)27-8-4)30-19(28)14(9)29-12(10)17(22)26-7-3/h5-8H2,1-4H3. The van der Waals surface area contributed by atoms with Crippen LogP contribution in [0.3, 0.4) is 0 Å². The van der Waals surface area contributed by atoms with Gasteiger partial charge in [-0.1, -0.05) is 12.2 Å². The molecule has 162 valence electrons. The van der Waals surface area contributed by atoms with Gasteiger partial charge in [0.25, 0.3) is 0 Å². The molecule has 0 radical (unpaired) electrons. The maximum absolute atomic E-state index is 12.8. The van der Waals surface area contributed by atoms with Crippen LogP contribution in [-0.4, -0.2) is 50.3 Å². The van der Waals surface area contributed by atoms with Crippen LogP contribution in [-0.2, 0) is 18.9 Å². The lowest BCUT2D eigenvalue weighted by molar-refractivity contribution is 0.0479. The smallest absolute Gasteiger partial charge is 0.349 e. The molecule has 11 heteroatoms. The van der Waals surface area contributed by atoms with Crippen LogP contribution in [0.4, 0.5) is 0 Å². The molecular weight excluding hydrogens is 452 g/mol. The highest BCUT2D eigenvalue weighted by Gasteiger charge is 2.33. The Morgan fingerprint density at radius 3 is 1.43 bits per heavy atom. The van der Waals surface area contributed by atoms with E-state index < -0.39 is 23.9 Å². The third kappa shape index (κ3) is 4.68. The zero-order valence-corrected chi connectivity index (χ0v) is 19.3. The van der Waals surface area contributed by atoms with E-state index in [-0.39, 0.29) is 56.5 Å². The second-order valence-corrected chi connectivity index (χ2v) is 8.19. The Labute approximate surface area is 185 Å². The lowest BCUT2D eigenvalue weighted by Gasteiger charge is -2.11. The molecule has 0 amide bonds. The number of carbonyl (C=O) groups is 4. The van der Waals surface area contributed by atoms with Crippen molar-refractivity contribution in [1.82, 2.24) is 0 Å². The van der Waals surface area contributed by atoms with Gasteiger partial charge in [0.05, 0.1) is 42.3 Å². The summed E-state index contributed by atoms with van der Waals surface area (Å²) in [5.41, 5.74) is -0.360. The first-order chi connectivity index (χ1) is 14.3. The van der Waals surface area contributed by atoms with Crippen LogP contribution in [0.25, 0.3) is 10.1 Å². The molecule has 0 fully saturated rings. The topological polar surface area (TPSA) is 105 Å². The maximum Gasteiger partial charge on any atom is 0.349 e. The molecule has 0 N–H and O–H groups in total. The fraction of sp³-hybridized carbons (Fsp3) is 0.421. The molecule has 8 nitrogen and oxygen atoms in total. The number of thiophene rings is 1. The number of ether oxygens (including phenoxy) is 4. The molecule has 0 aliphatic carbocycles. The van der Waals surface area contributed by atoms with E-state index >= 15 is 0 Å². The van der Waals surface area contributed by atoms with E-state index in [4.69, 9.17) is 31.2 Å². The lowest BCUT2D eigenvalue weighted by Crippen LogP contribution is -2.16. The number of esters is 4. The molecule has 0 saturated carbocycles. The fourth-order valence-electron chi connectivity index (χ4n) is 2.59. The van der Waals surface area contributed by atoms with Crippen molar-refractivity contribution in [2.45, 2.75) is 27.7 Å². The monoisotopic (exact) mass is 472 g/mol. The summed E-state index contributed by atoms with van der Waals surface area (Å²) in [6.07, 6.45) is 0. The highest BCUT2D eigenvalue weighted by Crippen LogP contribution is 2.40. The van der Waals surface area contributed by atoms with E-state index in [9.17, 15) is 19.2 Å². The molecule has 0 saturated heterocycles. The SMILES string of the molecule is CCOC(=O)c1sc(=S)c2sc(C(=O)OCC)c(C(=O)OCC)c2c1C(=O)OCC. The van der Waals surface area contributed by atoms with Crippen LogP contribution < -0.4 is 0 Å². The van der Waals surface area contributed by atoms with E-state index in [1.807, 2.05) is 0 Å². The van der Waals surface area contributed by atoms with E-state index in [2.05, 4.69) is 0 Å². The summed E-state index contributed by atoms with van der Waals surface area (Å²) >= 11 is 7.16. The van der Waals surface area contributed by atoms with Crippen molar-refractivity contribution in [2.24, 2.45) is 0 Å². The van der Waals surface area contributed by atoms with Gasteiger partial charge in [0.15, 0.2) is 0 Å². The largest absolute Gasteiger partial charge is 0.462 e. The van der Waals surface area contributed by atoms with Gasteiger partial charge in [0.2, 0.25) is 0 Å². The lowest BCUT2D eigenvalue weighted by atomic mass is 10.1. The second-order valence-electron chi connectivity index (χ2n) is 5.49. The van der Waals surface area contributed by atoms with Gasteiger partial charge < -0.3 is 18.9 Å². The van der Waals surface area contributed by atoms with Gasteiger partial charge in [0, 0.05) is 5.39 Å². The molecule has 0 atom stereocenters. The Morgan fingerprint density at radius 1 is 0.667 bits per heavy atom. The molecule has 0 unspecified atom stereocenters. The Balaban J connectivity index is 3.01. The van der Waals surface area contributed by atoms with E-state index in [1.165, 1.54) is 0 Å². The number of rotatable bonds is 8. The zero-order valence-electron chi connectivity index (χ0n) is 16.8. The number of carbonyl (C=O) groups excluding carboxylic acids is 4. The van der Waals surface area contributed by atoms with E-state index in [0.29, 0.717) is 4.70 Å². The minimum absolute atomic E-state index is 0.0340. The molecule has 0 bridgehead atoms. The normalized spacial score (nSPS) is 10.5. The highest BCUT2D eigenvalue weighted by atomic mass is 32.1. The maximum atomic E-state index is 12.8. The molecule has 2 heterocycles. The van der Waals surface area contributed by atoms with E-state index in [0.717, 1.165) is 22.7 Å². The quantitative estimate of drug-likeness (QED) is 0.314. The van der Waals surface area contributed by atoms with Crippen molar-refractivity contribution < 1.29 is 38.1 Å². The van der Waals surface area contributed by atoms with Gasteiger partial charge in [0.1, 0.15) is 13.6 Å². The number of fused-ring (bicyclic) bond motifs is 1.